The maximum absolute atomic E-state index is 13.9. The van der Waals surface area contributed by atoms with Gasteiger partial charge in [-0.1, -0.05) is 6.07 Å². The van der Waals surface area contributed by atoms with E-state index in [2.05, 4.69) is 25.2 Å². The first-order chi connectivity index (χ1) is 15.9. The van der Waals surface area contributed by atoms with Gasteiger partial charge >= 0.3 is 6.18 Å². The number of rotatable bonds is 3. The highest BCUT2D eigenvalue weighted by Crippen LogP contribution is 2.41. The van der Waals surface area contributed by atoms with E-state index in [1.807, 2.05) is 0 Å². The van der Waals surface area contributed by atoms with E-state index in [1.54, 1.807) is 6.07 Å². The molecule has 5 heterocycles. The predicted octanol–water partition coefficient (Wildman–Crippen LogP) is 3.61. The van der Waals surface area contributed by atoms with Gasteiger partial charge in [0.25, 0.3) is 0 Å². The van der Waals surface area contributed by atoms with Gasteiger partial charge in [0.2, 0.25) is 0 Å². The molecule has 2 aromatic heterocycles. The van der Waals surface area contributed by atoms with Gasteiger partial charge in [-0.2, -0.15) is 13.2 Å². The Balaban J connectivity index is 1.38. The van der Waals surface area contributed by atoms with Crippen molar-refractivity contribution in [1.29, 1.82) is 0 Å². The average molecular weight is 463 g/mol. The topological polar surface area (TPSA) is 75.3 Å². The van der Waals surface area contributed by atoms with Crippen LogP contribution in [0, 0.1) is 17.7 Å². The number of likely N-dealkylation sites (tertiary alicyclic amines) is 1. The van der Waals surface area contributed by atoms with Crippen LogP contribution in [0.15, 0.2) is 30.6 Å². The number of fused-ring (bicyclic) bond motifs is 3. The molecule has 174 valence electrons. The van der Waals surface area contributed by atoms with Crippen LogP contribution in [0.1, 0.15) is 17.3 Å². The Labute approximate surface area is 186 Å². The van der Waals surface area contributed by atoms with E-state index >= 15 is 0 Å². The van der Waals surface area contributed by atoms with Gasteiger partial charge in [-0.25, -0.2) is 14.4 Å². The number of alkyl halides is 3. The molecule has 0 unspecified atom stereocenters. The number of nitrogens with one attached hydrogen (secondary N) is 2. The molecule has 2 saturated heterocycles. The molecule has 6 rings (SSSR count). The third-order valence-electron chi connectivity index (χ3n) is 6.87. The van der Waals surface area contributed by atoms with Crippen LogP contribution >= 0.6 is 0 Å². The average Bonchev–Trinajstić information content (AvgIpc) is 3.48. The summed E-state index contributed by atoms with van der Waals surface area (Å²) < 4.78 is 65.2. The zero-order valence-electron chi connectivity index (χ0n) is 17.4. The second kappa shape index (κ2) is 7.56. The van der Waals surface area contributed by atoms with Crippen LogP contribution < -0.4 is 10.1 Å². The van der Waals surface area contributed by atoms with Gasteiger partial charge in [0.1, 0.15) is 41.7 Å². The van der Waals surface area contributed by atoms with Crippen molar-refractivity contribution >= 4 is 16.9 Å². The highest BCUT2D eigenvalue weighted by Gasteiger charge is 2.44. The molecule has 3 aliphatic rings. The van der Waals surface area contributed by atoms with Crippen molar-refractivity contribution in [3.8, 4) is 5.75 Å². The predicted molar refractivity (Wildman–Crippen MR) is 110 cm³/mol. The molecule has 2 fully saturated rings. The molecule has 2 N–H and O–H groups in total. The zero-order valence-corrected chi connectivity index (χ0v) is 17.4. The molecule has 0 aliphatic carbocycles. The monoisotopic (exact) mass is 463 g/mol. The standard InChI is InChI=1S/C22H21F4N5O2/c23-13-1-2-14-17(3-13)33-9-16(31-5-11-7-32-8-12(11)6-31)19(14)30-21-15-4-18(22(24,25)26)29-20(15)27-10-28-21/h1-4,10-12,16,19H,5-9H2,(H2,27,28,29,30)/t11-,12-,16+,19+/m1/s1. The van der Waals surface area contributed by atoms with Gasteiger partial charge in [0.15, 0.2) is 0 Å². The molecule has 0 saturated carbocycles. The summed E-state index contributed by atoms with van der Waals surface area (Å²) in [5.41, 5.74) is -0.0608. The van der Waals surface area contributed by atoms with Crippen LogP contribution in [0.2, 0.25) is 0 Å². The first-order valence-corrected chi connectivity index (χ1v) is 10.8. The third-order valence-corrected chi connectivity index (χ3v) is 6.87. The summed E-state index contributed by atoms with van der Waals surface area (Å²) in [6.07, 6.45) is -3.31. The minimum Gasteiger partial charge on any atom is -0.491 e. The minimum absolute atomic E-state index is 0.0932. The summed E-state index contributed by atoms with van der Waals surface area (Å²) in [6, 6.07) is 4.89. The fourth-order valence-corrected chi connectivity index (χ4v) is 5.21. The molecule has 0 bridgehead atoms. The molecule has 11 heteroatoms. The van der Waals surface area contributed by atoms with E-state index in [1.165, 1.54) is 18.5 Å². The smallest absolute Gasteiger partial charge is 0.431 e. The fourth-order valence-electron chi connectivity index (χ4n) is 5.21. The second-order valence-electron chi connectivity index (χ2n) is 8.86. The van der Waals surface area contributed by atoms with E-state index in [0.717, 1.165) is 37.9 Å². The van der Waals surface area contributed by atoms with E-state index in [9.17, 15) is 17.6 Å². The zero-order chi connectivity index (χ0) is 22.7. The highest BCUT2D eigenvalue weighted by atomic mass is 19.4. The van der Waals surface area contributed by atoms with Crippen molar-refractivity contribution in [1.82, 2.24) is 19.9 Å². The number of ether oxygens (including phenoxy) is 2. The molecule has 7 nitrogen and oxygen atoms in total. The Morgan fingerprint density at radius 1 is 1.06 bits per heavy atom. The molecule has 33 heavy (non-hydrogen) atoms. The number of benzene rings is 1. The van der Waals surface area contributed by atoms with Gasteiger partial charge in [-0.15, -0.1) is 0 Å². The van der Waals surface area contributed by atoms with Crippen molar-refractivity contribution in [3.05, 3.63) is 47.7 Å². The van der Waals surface area contributed by atoms with E-state index in [-0.39, 0.29) is 28.9 Å². The Bertz CT molecular complexity index is 1190. The minimum atomic E-state index is -4.53. The van der Waals surface area contributed by atoms with Crippen LogP contribution in [0.25, 0.3) is 11.0 Å². The molecule has 0 radical (unpaired) electrons. The number of aromatic nitrogens is 3. The van der Waals surface area contributed by atoms with Crippen LogP contribution in [0.3, 0.4) is 0 Å². The SMILES string of the molecule is Fc1ccc2c(c1)OC[C@H](N1C[C@@H]3COC[C@H]3C1)[C@H]2Nc1ncnc2[nH]c(C(F)(F)F)cc12. The van der Waals surface area contributed by atoms with Crippen LogP contribution in [0.5, 0.6) is 5.75 Å². The summed E-state index contributed by atoms with van der Waals surface area (Å²) in [5, 5.41) is 3.58. The Hall–Kier alpha value is -2.92. The second-order valence-corrected chi connectivity index (χ2v) is 8.86. The molecule has 0 amide bonds. The molecule has 1 aromatic carbocycles. The lowest BCUT2D eigenvalue weighted by molar-refractivity contribution is -0.140. The maximum Gasteiger partial charge on any atom is 0.431 e. The third kappa shape index (κ3) is 3.59. The molecule has 3 aromatic rings. The lowest BCUT2D eigenvalue weighted by atomic mass is 9.94. The van der Waals surface area contributed by atoms with Gasteiger partial charge in [-0.05, 0) is 12.1 Å². The number of H-pyrrole nitrogens is 1. The largest absolute Gasteiger partial charge is 0.491 e. The van der Waals surface area contributed by atoms with Gasteiger partial charge in [-0.3, -0.25) is 4.90 Å². The van der Waals surface area contributed by atoms with Crippen LogP contribution in [-0.2, 0) is 10.9 Å². The van der Waals surface area contributed by atoms with Crippen LogP contribution in [0.4, 0.5) is 23.4 Å². The summed E-state index contributed by atoms with van der Waals surface area (Å²) in [6.45, 7) is 3.46. The van der Waals surface area contributed by atoms with Gasteiger partial charge in [0.05, 0.1) is 30.7 Å². The number of nitrogens with zero attached hydrogens (tertiary/aromatic N) is 3. The number of aromatic amines is 1. The highest BCUT2D eigenvalue weighted by molar-refractivity contribution is 5.88. The number of hydrogen-bond donors (Lipinski definition) is 2. The van der Waals surface area contributed by atoms with Crippen molar-refractivity contribution in [2.45, 2.75) is 18.3 Å². The summed E-state index contributed by atoms with van der Waals surface area (Å²) in [4.78, 5) is 12.8. The van der Waals surface area contributed by atoms with Crippen LogP contribution in [-0.4, -0.2) is 58.8 Å². The first kappa shape index (κ1) is 20.7. The Morgan fingerprint density at radius 3 is 2.61 bits per heavy atom. The number of halogens is 4. The quantitative estimate of drug-likeness (QED) is 0.579. The molecule has 0 spiro atoms. The number of hydrogen-bond acceptors (Lipinski definition) is 6. The Kier molecular flexibility index (Phi) is 4.73. The normalized spacial score (nSPS) is 27.4. The van der Waals surface area contributed by atoms with E-state index in [0.29, 0.717) is 24.2 Å². The summed E-state index contributed by atoms with van der Waals surface area (Å²) >= 11 is 0. The van der Waals surface area contributed by atoms with Gasteiger partial charge in [0, 0.05) is 36.6 Å². The molecular formula is C22H21F4N5O2. The van der Waals surface area contributed by atoms with Crippen molar-refractivity contribution in [2.75, 3.05) is 38.2 Å². The molecule has 3 aliphatic heterocycles. The summed E-state index contributed by atoms with van der Waals surface area (Å²) in [7, 11) is 0. The molecule has 4 atom stereocenters. The number of anilines is 1. The van der Waals surface area contributed by atoms with Crippen molar-refractivity contribution in [3.63, 3.8) is 0 Å². The Morgan fingerprint density at radius 2 is 1.85 bits per heavy atom. The lowest BCUT2D eigenvalue weighted by Crippen LogP contribution is -2.48. The van der Waals surface area contributed by atoms with E-state index < -0.39 is 17.7 Å². The van der Waals surface area contributed by atoms with Crippen molar-refractivity contribution < 1.29 is 27.0 Å². The lowest BCUT2D eigenvalue weighted by Gasteiger charge is -2.40. The van der Waals surface area contributed by atoms with Crippen molar-refractivity contribution in [2.24, 2.45) is 11.8 Å². The summed E-state index contributed by atoms with van der Waals surface area (Å²) in [5.74, 6) is 1.18. The van der Waals surface area contributed by atoms with E-state index in [4.69, 9.17) is 9.47 Å². The van der Waals surface area contributed by atoms with Gasteiger partial charge < -0.3 is 19.8 Å². The fraction of sp³-hybridized carbons (Fsp3) is 0.455. The first-order valence-electron chi connectivity index (χ1n) is 10.8. The maximum atomic E-state index is 13.9. The molecular weight excluding hydrogens is 442 g/mol.